The van der Waals surface area contributed by atoms with Crippen LogP contribution in [0.1, 0.15) is 24.3 Å². The zero-order chi connectivity index (χ0) is 11.5. The number of aromatic nitrogens is 3. The summed E-state index contributed by atoms with van der Waals surface area (Å²) in [5, 5.41) is 3.91. The van der Waals surface area contributed by atoms with Crippen LogP contribution < -0.4 is 5.73 Å². The van der Waals surface area contributed by atoms with Crippen LogP contribution in [0, 0.1) is 6.92 Å². The van der Waals surface area contributed by atoms with E-state index in [4.69, 9.17) is 10.3 Å². The summed E-state index contributed by atoms with van der Waals surface area (Å²) in [6.07, 6.45) is 1.71. The van der Waals surface area contributed by atoms with Crippen molar-refractivity contribution in [2.24, 2.45) is 5.73 Å². The van der Waals surface area contributed by atoms with Crippen molar-refractivity contribution < 1.29 is 4.52 Å². The molecule has 0 fully saturated rings. The van der Waals surface area contributed by atoms with Gasteiger partial charge < -0.3 is 10.3 Å². The van der Waals surface area contributed by atoms with Crippen molar-refractivity contribution in [3.8, 4) is 11.5 Å². The highest BCUT2D eigenvalue weighted by Crippen LogP contribution is 2.19. The summed E-state index contributed by atoms with van der Waals surface area (Å²) in [6, 6.07) is 3.84. The second-order valence-corrected chi connectivity index (χ2v) is 3.76. The molecule has 2 aromatic rings. The van der Waals surface area contributed by atoms with Gasteiger partial charge in [-0.2, -0.15) is 4.98 Å². The standard InChI is InChI=1S/C11H14N4O/c1-7-4-3-5-13-9(7)10-14-11(16-15-10)8(2)6-12/h3-5,8H,6,12H2,1-2H3. The molecule has 1 atom stereocenters. The Morgan fingerprint density at radius 2 is 2.31 bits per heavy atom. The fraction of sp³-hybridized carbons (Fsp3) is 0.364. The van der Waals surface area contributed by atoms with E-state index in [0.29, 0.717) is 18.3 Å². The van der Waals surface area contributed by atoms with Crippen molar-refractivity contribution in [1.29, 1.82) is 0 Å². The van der Waals surface area contributed by atoms with Gasteiger partial charge in [0.2, 0.25) is 11.7 Å². The van der Waals surface area contributed by atoms with Gasteiger partial charge in [-0.3, -0.25) is 4.98 Å². The molecule has 5 nitrogen and oxygen atoms in total. The Morgan fingerprint density at radius 3 is 3.00 bits per heavy atom. The van der Waals surface area contributed by atoms with E-state index in [-0.39, 0.29) is 5.92 Å². The molecular formula is C11H14N4O. The summed E-state index contributed by atoms with van der Waals surface area (Å²) in [5.74, 6) is 1.15. The van der Waals surface area contributed by atoms with Crippen LogP contribution in [0.2, 0.25) is 0 Å². The van der Waals surface area contributed by atoms with Gasteiger partial charge in [-0.1, -0.05) is 18.1 Å². The molecule has 2 aromatic heterocycles. The zero-order valence-electron chi connectivity index (χ0n) is 9.34. The summed E-state index contributed by atoms with van der Waals surface area (Å²) in [6.45, 7) is 4.40. The third-order valence-electron chi connectivity index (χ3n) is 2.44. The monoisotopic (exact) mass is 218 g/mol. The number of pyridine rings is 1. The highest BCUT2D eigenvalue weighted by atomic mass is 16.5. The molecular weight excluding hydrogens is 204 g/mol. The lowest BCUT2D eigenvalue weighted by Gasteiger charge is -1.99. The molecule has 84 valence electrons. The molecule has 0 aliphatic rings. The quantitative estimate of drug-likeness (QED) is 0.844. The lowest BCUT2D eigenvalue weighted by molar-refractivity contribution is 0.361. The van der Waals surface area contributed by atoms with E-state index in [9.17, 15) is 0 Å². The van der Waals surface area contributed by atoms with Crippen molar-refractivity contribution in [2.75, 3.05) is 6.54 Å². The molecule has 0 saturated carbocycles. The summed E-state index contributed by atoms with van der Waals surface area (Å²) < 4.78 is 5.15. The van der Waals surface area contributed by atoms with E-state index in [0.717, 1.165) is 11.3 Å². The molecule has 0 aromatic carbocycles. The Bertz CT molecular complexity index is 480. The van der Waals surface area contributed by atoms with Crippen LogP contribution in [0.25, 0.3) is 11.5 Å². The van der Waals surface area contributed by atoms with E-state index in [1.54, 1.807) is 6.20 Å². The average Bonchev–Trinajstić information content (AvgIpc) is 2.78. The first-order valence-electron chi connectivity index (χ1n) is 5.18. The molecule has 0 bridgehead atoms. The number of hydrogen-bond acceptors (Lipinski definition) is 5. The van der Waals surface area contributed by atoms with Gasteiger partial charge in [0.05, 0.1) is 0 Å². The van der Waals surface area contributed by atoms with Crippen molar-refractivity contribution in [1.82, 2.24) is 15.1 Å². The number of hydrogen-bond donors (Lipinski definition) is 1. The van der Waals surface area contributed by atoms with Crippen LogP contribution in [-0.4, -0.2) is 21.7 Å². The van der Waals surface area contributed by atoms with E-state index in [1.165, 1.54) is 0 Å². The summed E-state index contributed by atoms with van der Waals surface area (Å²) in [4.78, 5) is 8.52. The predicted octanol–water partition coefficient (Wildman–Crippen LogP) is 1.50. The lowest BCUT2D eigenvalue weighted by atomic mass is 10.2. The van der Waals surface area contributed by atoms with Gasteiger partial charge in [0, 0.05) is 18.7 Å². The molecule has 0 saturated heterocycles. The minimum Gasteiger partial charge on any atom is -0.339 e. The minimum absolute atomic E-state index is 0.0743. The molecule has 2 N–H and O–H groups in total. The third kappa shape index (κ3) is 1.94. The highest BCUT2D eigenvalue weighted by molar-refractivity contribution is 5.53. The second-order valence-electron chi connectivity index (χ2n) is 3.76. The van der Waals surface area contributed by atoms with E-state index in [2.05, 4.69) is 15.1 Å². The zero-order valence-corrected chi connectivity index (χ0v) is 9.34. The van der Waals surface area contributed by atoms with E-state index < -0.39 is 0 Å². The van der Waals surface area contributed by atoms with Gasteiger partial charge in [-0.15, -0.1) is 0 Å². The average molecular weight is 218 g/mol. The van der Waals surface area contributed by atoms with Gasteiger partial charge in [-0.25, -0.2) is 0 Å². The topological polar surface area (TPSA) is 77.8 Å². The summed E-state index contributed by atoms with van der Waals surface area (Å²) in [5.41, 5.74) is 7.31. The number of nitrogens with zero attached hydrogens (tertiary/aromatic N) is 3. The molecule has 0 amide bonds. The minimum atomic E-state index is 0.0743. The largest absolute Gasteiger partial charge is 0.339 e. The summed E-state index contributed by atoms with van der Waals surface area (Å²) in [7, 11) is 0. The molecule has 0 radical (unpaired) electrons. The van der Waals surface area contributed by atoms with E-state index >= 15 is 0 Å². The Morgan fingerprint density at radius 1 is 1.50 bits per heavy atom. The lowest BCUT2D eigenvalue weighted by Crippen LogP contribution is -2.09. The number of aryl methyl sites for hydroxylation is 1. The van der Waals surface area contributed by atoms with Crippen LogP contribution in [0.5, 0.6) is 0 Å². The Balaban J connectivity index is 2.35. The van der Waals surface area contributed by atoms with Gasteiger partial charge in [0.25, 0.3) is 0 Å². The van der Waals surface area contributed by atoms with Crippen molar-refractivity contribution in [3.63, 3.8) is 0 Å². The SMILES string of the molecule is Cc1cccnc1-c1noc(C(C)CN)n1. The van der Waals surface area contributed by atoms with Gasteiger partial charge in [-0.05, 0) is 18.6 Å². The molecule has 0 aliphatic carbocycles. The normalized spacial score (nSPS) is 12.7. The fourth-order valence-electron chi connectivity index (χ4n) is 1.35. The van der Waals surface area contributed by atoms with Crippen molar-refractivity contribution in [3.05, 3.63) is 29.8 Å². The van der Waals surface area contributed by atoms with E-state index in [1.807, 2.05) is 26.0 Å². The fourth-order valence-corrected chi connectivity index (χ4v) is 1.35. The Kier molecular flexibility index (Phi) is 2.96. The van der Waals surface area contributed by atoms with Gasteiger partial charge >= 0.3 is 0 Å². The van der Waals surface area contributed by atoms with Crippen molar-refractivity contribution in [2.45, 2.75) is 19.8 Å². The highest BCUT2D eigenvalue weighted by Gasteiger charge is 2.15. The molecule has 0 spiro atoms. The molecule has 2 rings (SSSR count). The second kappa shape index (κ2) is 4.40. The van der Waals surface area contributed by atoms with Crippen LogP contribution in [0.3, 0.4) is 0 Å². The Hall–Kier alpha value is -1.75. The third-order valence-corrected chi connectivity index (χ3v) is 2.44. The first-order valence-corrected chi connectivity index (χ1v) is 5.18. The molecule has 1 unspecified atom stereocenters. The predicted molar refractivity (Wildman–Crippen MR) is 59.7 cm³/mol. The summed E-state index contributed by atoms with van der Waals surface area (Å²) >= 11 is 0. The molecule has 16 heavy (non-hydrogen) atoms. The number of nitrogens with two attached hydrogens (primary N) is 1. The maximum absolute atomic E-state index is 5.54. The number of rotatable bonds is 3. The smallest absolute Gasteiger partial charge is 0.231 e. The van der Waals surface area contributed by atoms with Crippen molar-refractivity contribution >= 4 is 0 Å². The van der Waals surface area contributed by atoms with Gasteiger partial charge in [0.1, 0.15) is 5.69 Å². The molecule has 2 heterocycles. The molecule has 0 aliphatic heterocycles. The Labute approximate surface area is 93.7 Å². The maximum Gasteiger partial charge on any atom is 0.231 e. The van der Waals surface area contributed by atoms with Crippen LogP contribution in [0.4, 0.5) is 0 Å². The first-order chi connectivity index (χ1) is 7.72. The van der Waals surface area contributed by atoms with Crippen LogP contribution in [0.15, 0.2) is 22.9 Å². The maximum atomic E-state index is 5.54. The van der Waals surface area contributed by atoms with Crippen LogP contribution >= 0.6 is 0 Å². The first kappa shape index (κ1) is 10.8. The van der Waals surface area contributed by atoms with Crippen LogP contribution in [-0.2, 0) is 0 Å². The molecule has 5 heteroatoms. The van der Waals surface area contributed by atoms with Gasteiger partial charge in [0.15, 0.2) is 0 Å².